The Kier molecular flexibility index (Phi) is 3.71. The molecule has 13 heavy (non-hydrogen) atoms. The summed E-state index contributed by atoms with van der Waals surface area (Å²) in [7, 11) is 0. The molecule has 0 aliphatic carbocycles. The van der Waals surface area contributed by atoms with Crippen LogP contribution in [-0.4, -0.2) is 9.55 Å². The maximum Gasteiger partial charge on any atom is 0.254 e. The lowest BCUT2D eigenvalue weighted by Crippen LogP contribution is -2.19. The molecule has 1 aromatic rings. The molecule has 0 fully saturated rings. The Bertz CT molecular complexity index is 346. The number of aryl methyl sites for hydroxylation is 1. The fraction of sp³-hybridized carbons (Fsp3) is 0.333. The molecule has 4 heteroatoms. The highest BCUT2D eigenvalue weighted by atomic mass is 35.5. The molecule has 1 rings (SSSR count). The summed E-state index contributed by atoms with van der Waals surface area (Å²) >= 11 is 5.54. The Labute approximate surface area is 81.7 Å². The van der Waals surface area contributed by atoms with E-state index in [1.54, 1.807) is 0 Å². The SMILES string of the molecule is C=CCCCn1cnc(Cl)cc1=O. The van der Waals surface area contributed by atoms with E-state index in [0.29, 0.717) is 6.54 Å². The van der Waals surface area contributed by atoms with Crippen molar-refractivity contribution in [3.05, 3.63) is 40.6 Å². The van der Waals surface area contributed by atoms with Crippen molar-refractivity contribution >= 4 is 11.6 Å². The van der Waals surface area contributed by atoms with Crippen LogP contribution in [0, 0.1) is 0 Å². The summed E-state index contributed by atoms with van der Waals surface area (Å²) in [5.74, 6) is 0. The third kappa shape index (κ3) is 3.03. The van der Waals surface area contributed by atoms with Gasteiger partial charge in [-0.15, -0.1) is 6.58 Å². The molecule has 0 aliphatic rings. The minimum absolute atomic E-state index is 0.107. The van der Waals surface area contributed by atoms with Crippen LogP contribution < -0.4 is 5.56 Å². The summed E-state index contributed by atoms with van der Waals surface area (Å²) < 4.78 is 1.54. The molecule has 1 heterocycles. The maximum absolute atomic E-state index is 11.2. The van der Waals surface area contributed by atoms with Crippen LogP contribution in [-0.2, 0) is 6.54 Å². The van der Waals surface area contributed by atoms with Crippen molar-refractivity contribution in [1.29, 1.82) is 0 Å². The Balaban J connectivity index is 2.67. The van der Waals surface area contributed by atoms with E-state index >= 15 is 0 Å². The molecule has 0 aliphatic heterocycles. The minimum Gasteiger partial charge on any atom is -0.299 e. The zero-order valence-electron chi connectivity index (χ0n) is 7.24. The first-order chi connectivity index (χ1) is 6.24. The van der Waals surface area contributed by atoms with E-state index < -0.39 is 0 Å². The molecule has 0 radical (unpaired) electrons. The Morgan fingerprint density at radius 1 is 1.69 bits per heavy atom. The summed E-state index contributed by atoms with van der Waals surface area (Å²) in [6, 6.07) is 1.31. The van der Waals surface area contributed by atoms with Crippen molar-refractivity contribution in [2.24, 2.45) is 0 Å². The number of rotatable bonds is 4. The Morgan fingerprint density at radius 2 is 2.46 bits per heavy atom. The van der Waals surface area contributed by atoms with E-state index in [9.17, 15) is 4.79 Å². The predicted molar refractivity (Wildman–Crippen MR) is 52.9 cm³/mol. The predicted octanol–water partition coefficient (Wildman–Crippen LogP) is 1.86. The molecule has 70 valence electrons. The Morgan fingerprint density at radius 3 is 3.08 bits per heavy atom. The van der Waals surface area contributed by atoms with Gasteiger partial charge in [-0.2, -0.15) is 0 Å². The van der Waals surface area contributed by atoms with Gasteiger partial charge in [-0.25, -0.2) is 4.98 Å². The molecule has 0 saturated heterocycles. The average Bonchev–Trinajstić information content (AvgIpc) is 2.09. The van der Waals surface area contributed by atoms with Crippen LogP contribution in [0.3, 0.4) is 0 Å². The van der Waals surface area contributed by atoms with Gasteiger partial charge in [-0.1, -0.05) is 17.7 Å². The standard InChI is InChI=1S/C9H11ClN2O/c1-2-3-4-5-12-7-11-8(10)6-9(12)13/h2,6-7H,1,3-5H2. The molecular weight excluding hydrogens is 188 g/mol. The van der Waals surface area contributed by atoms with Gasteiger partial charge >= 0.3 is 0 Å². The van der Waals surface area contributed by atoms with Gasteiger partial charge in [0.2, 0.25) is 0 Å². The highest BCUT2D eigenvalue weighted by Crippen LogP contribution is 1.98. The monoisotopic (exact) mass is 198 g/mol. The number of halogens is 1. The van der Waals surface area contributed by atoms with Gasteiger partial charge in [-0.05, 0) is 12.8 Å². The molecule has 0 unspecified atom stereocenters. The van der Waals surface area contributed by atoms with Crippen molar-refractivity contribution in [3.8, 4) is 0 Å². The van der Waals surface area contributed by atoms with Gasteiger partial charge < -0.3 is 0 Å². The lowest BCUT2D eigenvalue weighted by molar-refractivity contribution is 0.618. The van der Waals surface area contributed by atoms with E-state index in [-0.39, 0.29) is 10.7 Å². The number of hydrogen-bond acceptors (Lipinski definition) is 2. The van der Waals surface area contributed by atoms with Crippen LogP contribution in [0.2, 0.25) is 5.15 Å². The molecule has 1 aromatic heterocycles. The van der Waals surface area contributed by atoms with Crippen molar-refractivity contribution in [1.82, 2.24) is 9.55 Å². The van der Waals surface area contributed by atoms with Crippen molar-refractivity contribution in [3.63, 3.8) is 0 Å². The summed E-state index contributed by atoms with van der Waals surface area (Å²) in [6.45, 7) is 4.27. The maximum atomic E-state index is 11.2. The number of nitrogens with zero attached hydrogens (tertiary/aromatic N) is 2. The first kappa shape index (κ1) is 9.99. The Hall–Kier alpha value is -1.09. The lowest BCUT2D eigenvalue weighted by Gasteiger charge is -2.02. The van der Waals surface area contributed by atoms with Gasteiger partial charge in [0.15, 0.2) is 0 Å². The molecule has 0 N–H and O–H groups in total. The van der Waals surface area contributed by atoms with Gasteiger partial charge in [0.25, 0.3) is 5.56 Å². The molecular formula is C9H11ClN2O. The molecule has 0 bridgehead atoms. The largest absolute Gasteiger partial charge is 0.299 e. The van der Waals surface area contributed by atoms with Crippen LogP contribution in [0.1, 0.15) is 12.8 Å². The fourth-order valence-electron chi connectivity index (χ4n) is 0.978. The molecule has 0 spiro atoms. The lowest BCUT2D eigenvalue weighted by atomic mass is 10.3. The van der Waals surface area contributed by atoms with E-state index in [4.69, 9.17) is 11.6 Å². The summed E-state index contributed by atoms with van der Waals surface area (Å²) in [5.41, 5.74) is -0.107. The van der Waals surface area contributed by atoms with Gasteiger partial charge in [0.1, 0.15) is 5.15 Å². The van der Waals surface area contributed by atoms with Crippen molar-refractivity contribution in [2.75, 3.05) is 0 Å². The van der Waals surface area contributed by atoms with Crippen LogP contribution in [0.25, 0.3) is 0 Å². The van der Waals surface area contributed by atoms with Crippen molar-refractivity contribution in [2.45, 2.75) is 19.4 Å². The quantitative estimate of drug-likeness (QED) is 0.421. The van der Waals surface area contributed by atoms with Gasteiger partial charge in [-0.3, -0.25) is 9.36 Å². The second-order valence-corrected chi connectivity index (χ2v) is 3.06. The molecule has 0 atom stereocenters. The van der Waals surface area contributed by atoms with Crippen molar-refractivity contribution < 1.29 is 0 Å². The second kappa shape index (κ2) is 4.82. The van der Waals surface area contributed by atoms with E-state index in [0.717, 1.165) is 12.8 Å². The second-order valence-electron chi connectivity index (χ2n) is 2.67. The fourth-order valence-corrected chi connectivity index (χ4v) is 1.11. The molecule has 3 nitrogen and oxygen atoms in total. The normalized spacial score (nSPS) is 9.92. The zero-order valence-corrected chi connectivity index (χ0v) is 8.00. The first-order valence-corrected chi connectivity index (χ1v) is 4.44. The number of allylic oxidation sites excluding steroid dienone is 1. The summed E-state index contributed by atoms with van der Waals surface area (Å²) in [5, 5.41) is 0.241. The highest BCUT2D eigenvalue weighted by Gasteiger charge is 1.96. The molecule has 0 saturated carbocycles. The van der Waals surface area contributed by atoms with E-state index in [1.807, 2.05) is 6.08 Å². The third-order valence-electron chi connectivity index (χ3n) is 1.65. The van der Waals surface area contributed by atoms with Gasteiger partial charge in [0, 0.05) is 12.6 Å². The van der Waals surface area contributed by atoms with Crippen LogP contribution in [0.5, 0.6) is 0 Å². The highest BCUT2D eigenvalue weighted by molar-refractivity contribution is 6.29. The van der Waals surface area contributed by atoms with E-state index in [2.05, 4.69) is 11.6 Å². The van der Waals surface area contributed by atoms with Crippen LogP contribution in [0.4, 0.5) is 0 Å². The summed E-state index contributed by atoms with van der Waals surface area (Å²) in [6.07, 6.45) is 5.09. The average molecular weight is 199 g/mol. The summed E-state index contributed by atoms with van der Waals surface area (Å²) in [4.78, 5) is 15.1. The smallest absolute Gasteiger partial charge is 0.254 e. The number of unbranched alkanes of at least 4 members (excludes halogenated alkanes) is 1. The topological polar surface area (TPSA) is 34.9 Å². The first-order valence-electron chi connectivity index (χ1n) is 4.07. The number of hydrogen-bond donors (Lipinski definition) is 0. The van der Waals surface area contributed by atoms with Crippen LogP contribution in [0.15, 0.2) is 29.8 Å². The minimum atomic E-state index is -0.107. The number of aromatic nitrogens is 2. The molecule has 0 amide bonds. The third-order valence-corrected chi connectivity index (χ3v) is 1.86. The van der Waals surface area contributed by atoms with Crippen LogP contribution >= 0.6 is 11.6 Å². The zero-order chi connectivity index (χ0) is 9.68. The molecule has 0 aromatic carbocycles. The van der Waals surface area contributed by atoms with Gasteiger partial charge in [0.05, 0.1) is 6.33 Å². The van der Waals surface area contributed by atoms with E-state index in [1.165, 1.54) is 17.0 Å².